The molecule has 0 bridgehead atoms. The number of nitrogens with one attached hydrogen (secondary N) is 1. The van der Waals surface area contributed by atoms with Crippen LogP contribution in [0.5, 0.6) is 11.5 Å². The number of carbonyl (C=O) groups is 1. The molecule has 168 valence electrons. The number of hydrogen-bond acceptors (Lipinski definition) is 6. The number of nitrogens with zero attached hydrogens (tertiary/aromatic N) is 3. The van der Waals surface area contributed by atoms with Gasteiger partial charge in [-0.15, -0.1) is 10.2 Å². The molecule has 0 aliphatic heterocycles. The number of aromatic nitrogens is 3. The van der Waals surface area contributed by atoms with Crippen molar-refractivity contribution in [2.75, 3.05) is 25.3 Å². The number of thioether (sulfide) groups is 1. The minimum absolute atomic E-state index is 0.171. The van der Waals surface area contributed by atoms with Gasteiger partial charge in [0.05, 0.1) is 25.7 Å². The molecule has 0 fully saturated rings. The molecule has 1 heterocycles. The lowest BCUT2D eigenvalue weighted by molar-refractivity contribution is -0.113. The standard InChI is InChI=1S/C25H24N4O3S/c1-31-20-13-14-21(22(16-20)32-2)26-24(30)17-33-25-28-27-23(15-18-9-5-3-6-10-18)29(25)19-11-7-4-8-12-19/h3-14,16H,15,17H2,1-2H3,(H,26,30). The lowest BCUT2D eigenvalue weighted by Crippen LogP contribution is -2.15. The molecule has 1 amide bonds. The van der Waals surface area contributed by atoms with Crippen molar-refractivity contribution >= 4 is 23.4 Å². The highest BCUT2D eigenvalue weighted by molar-refractivity contribution is 7.99. The van der Waals surface area contributed by atoms with Crippen molar-refractivity contribution in [3.63, 3.8) is 0 Å². The Labute approximate surface area is 196 Å². The lowest BCUT2D eigenvalue weighted by Gasteiger charge is -2.12. The summed E-state index contributed by atoms with van der Waals surface area (Å²) < 4.78 is 12.6. The number of benzene rings is 3. The van der Waals surface area contributed by atoms with Crippen LogP contribution >= 0.6 is 11.8 Å². The number of amides is 1. The Balaban J connectivity index is 1.51. The fourth-order valence-corrected chi connectivity index (χ4v) is 4.11. The fraction of sp³-hybridized carbons (Fsp3) is 0.160. The van der Waals surface area contributed by atoms with Gasteiger partial charge in [0, 0.05) is 18.2 Å². The fourth-order valence-electron chi connectivity index (χ4n) is 3.34. The number of anilines is 1. The number of para-hydroxylation sites is 1. The number of methoxy groups -OCH3 is 2. The molecule has 4 aromatic rings. The van der Waals surface area contributed by atoms with E-state index in [0.717, 1.165) is 17.1 Å². The number of ether oxygens (including phenoxy) is 2. The van der Waals surface area contributed by atoms with Gasteiger partial charge in [0.15, 0.2) is 5.16 Å². The van der Waals surface area contributed by atoms with Crippen molar-refractivity contribution in [2.45, 2.75) is 11.6 Å². The third-order valence-corrected chi connectivity index (χ3v) is 5.86. The zero-order valence-corrected chi connectivity index (χ0v) is 19.2. The van der Waals surface area contributed by atoms with Gasteiger partial charge in [0.25, 0.3) is 0 Å². The number of carbonyl (C=O) groups excluding carboxylic acids is 1. The van der Waals surface area contributed by atoms with Gasteiger partial charge in [-0.2, -0.15) is 0 Å². The summed E-state index contributed by atoms with van der Waals surface area (Å²) in [6.07, 6.45) is 0.637. The Morgan fingerprint density at radius 3 is 2.36 bits per heavy atom. The van der Waals surface area contributed by atoms with Crippen molar-refractivity contribution in [3.8, 4) is 17.2 Å². The highest BCUT2D eigenvalue weighted by Crippen LogP contribution is 2.29. The topological polar surface area (TPSA) is 78.3 Å². The molecule has 3 aromatic carbocycles. The summed E-state index contributed by atoms with van der Waals surface area (Å²) in [5, 5.41) is 12.3. The van der Waals surface area contributed by atoms with Gasteiger partial charge < -0.3 is 14.8 Å². The highest BCUT2D eigenvalue weighted by atomic mass is 32.2. The normalized spacial score (nSPS) is 10.6. The van der Waals surface area contributed by atoms with Crippen LogP contribution in [-0.2, 0) is 11.2 Å². The first-order chi connectivity index (χ1) is 16.2. The van der Waals surface area contributed by atoms with Crippen LogP contribution in [0.15, 0.2) is 84.0 Å². The van der Waals surface area contributed by atoms with Crippen molar-refractivity contribution < 1.29 is 14.3 Å². The highest BCUT2D eigenvalue weighted by Gasteiger charge is 2.17. The van der Waals surface area contributed by atoms with Gasteiger partial charge in [-0.3, -0.25) is 9.36 Å². The second-order valence-corrected chi connectivity index (χ2v) is 8.08. The summed E-state index contributed by atoms with van der Waals surface area (Å²) in [7, 11) is 3.13. The van der Waals surface area contributed by atoms with Crippen LogP contribution < -0.4 is 14.8 Å². The molecule has 0 aliphatic rings. The van der Waals surface area contributed by atoms with Gasteiger partial charge in [0.1, 0.15) is 17.3 Å². The summed E-state index contributed by atoms with van der Waals surface area (Å²) in [5.74, 6) is 2.00. The molecule has 0 atom stereocenters. The van der Waals surface area contributed by atoms with E-state index in [1.807, 2.05) is 53.1 Å². The van der Waals surface area contributed by atoms with E-state index in [0.29, 0.717) is 28.8 Å². The molecule has 0 radical (unpaired) electrons. The molecule has 0 saturated carbocycles. The predicted octanol–water partition coefficient (Wildman–Crippen LogP) is 4.61. The summed E-state index contributed by atoms with van der Waals surface area (Å²) in [6, 6.07) is 25.3. The van der Waals surface area contributed by atoms with Crippen molar-refractivity contribution in [1.29, 1.82) is 0 Å². The molecular weight excluding hydrogens is 436 g/mol. The molecule has 1 aromatic heterocycles. The Morgan fingerprint density at radius 2 is 1.67 bits per heavy atom. The maximum atomic E-state index is 12.7. The van der Waals surface area contributed by atoms with Crippen LogP contribution in [0.25, 0.3) is 5.69 Å². The predicted molar refractivity (Wildman–Crippen MR) is 130 cm³/mol. The largest absolute Gasteiger partial charge is 0.497 e. The summed E-state index contributed by atoms with van der Waals surface area (Å²) in [5.41, 5.74) is 2.68. The average Bonchev–Trinajstić information content (AvgIpc) is 3.26. The van der Waals surface area contributed by atoms with E-state index < -0.39 is 0 Å². The maximum absolute atomic E-state index is 12.7. The van der Waals surface area contributed by atoms with Crippen molar-refractivity contribution in [3.05, 3.63) is 90.3 Å². The Kier molecular flexibility index (Phi) is 7.26. The molecule has 0 unspecified atom stereocenters. The van der Waals surface area contributed by atoms with Crippen LogP contribution in [0, 0.1) is 0 Å². The average molecular weight is 461 g/mol. The quantitative estimate of drug-likeness (QED) is 0.368. The minimum atomic E-state index is -0.171. The minimum Gasteiger partial charge on any atom is -0.497 e. The zero-order chi connectivity index (χ0) is 23.0. The van der Waals surface area contributed by atoms with E-state index in [4.69, 9.17) is 9.47 Å². The molecule has 1 N–H and O–H groups in total. The van der Waals surface area contributed by atoms with Crippen LogP contribution in [0.4, 0.5) is 5.69 Å². The van der Waals surface area contributed by atoms with Crippen LogP contribution in [-0.4, -0.2) is 40.6 Å². The first-order valence-corrected chi connectivity index (χ1v) is 11.3. The zero-order valence-electron chi connectivity index (χ0n) is 18.4. The van der Waals surface area contributed by atoms with E-state index in [2.05, 4.69) is 27.6 Å². The monoisotopic (exact) mass is 460 g/mol. The van der Waals surface area contributed by atoms with Gasteiger partial charge in [0.2, 0.25) is 5.91 Å². The third-order valence-electron chi connectivity index (χ3n) is 4.93. The van der Waals surface area contributed by atoms with Crippen LogP contribution in [0.1, 0.15) is 11.4 Å². The Hall–Kier alpha value is -3.78. The molecule has 4 rings (SSSR count). The van der Waals surface area contributed by atoms with E-state index in [-0.39, 0.29) is 11.7 Å². The summed E-state index contributed by atoms with van der Waals surface area (Å²) >= 11 is 1.33. The first kappa shape index (κ1) is 22.4. The van der Waals surface area contributed by atoms with Gasteiger partial charge in [-0.1, -0.05) is 60.3 Å². The second-order valence-electron chi connectivity index (χ2n) is 7.14. The van der Waals surface area contributed by atoms with E-state index >= 15 is 0 Å². The lowest BCUT2D eigenvalue weighted by atomic mass is 10.1. The smallest absolute Gasteiger partial charge is 0.234 e. The number of rotatable bonds is 9. The third kappa shape index (κ3) is 5.53. The van der Waals surface area contributed by atoms with E-state index in [1.54, 1.807) is 32.4 Å². The molecule has 33 heavy (non-hydrogen) atoms. The first-order valence-electron chi connectivity index (χ1n) is 10.4. The van der Waals surface area contributed by atoms with Crippen LogP contribution in [0.2, 0.25) is 0 Å². The van der Waals surface area contributed by atoms with E-state index in [9.17, 15) is 4.79 Å². The van der Waals surface area contributed by atoms with E-state index in [1.165, 1.54) is 11.8 Å². The SMILES string of the molecule is COc1ccc(NC(=O)CSc2nnc(Cc3ccccc3)n2-c2ccccc2)c(OC)c1. The maximum Gasteiger partial charge on any atom is 0.234 e. The summed E-state index contributed by atoms with van der Waals surface area (Å²) in [6.45, 7) is 0. The van der Waals surface area contributed by atoms with Crippen LogP contribution in [0.3, 0.4) is 0 Å². The molecule has 0 spiro atoms. The number of hydrogen-bond donors (Lipinski definition) is 1. The van der Waals surface area contributed by atoms with Gasteiger partial charge in [-0.05, 0) is 29.8 Å². The summed E-state index contributed by atoms with van der Waals surface area (Å²) in [4.78, 5) is 12.7. The van der Waals surface area contributed by atoms with Crippen molar-refractivity contribution in [2.24, 2.45) is 0 Å². The van der Waals surface area contributed by atoms with Crippen molar-refractivity contribution in [1.82, 2.24) is 14.8 Å². The molecule has 7 nitrogen and oxygen atoms in total. The Bertz CT molecular complexity index is 1210. The molecule has 0 saturated heterocycles. The van der Waals surface area contributed by atoms with Gasteiger partial charge in [-0.25, -0.2) is 0 Å². The second kappa shape index (κ2) is 10.7. The molecular formula is C25H24N4O3S. The molecule has 8 heteroatoms. The molecule has 0 aliphatic carbocycles. The Morgan fingerprint density at radius 1 is 0.939 bits per heavy atom. The van der Waals surface area contributed by atoms with Gasteiger partial charge >= 0.3 is 0 Å².